The number of nitrogens with zero attached hydrogens (tertiary/aromatic N) is 4. The van der Waals surface area contributed by atoms with E-state index in [1.807, 2.05) is 0 Å². The quantitative estimate of drug-likeness (QED) is 0.462. The largest absolute Gasteiger partial charge is 0.495 e. The Morgan fingerprint density at radius 2 is 2.00 bits per heavy atom. The van der Waals surface area contributed by atoms with E-state index in [-0.39, 0.29) is 35.3 Å². The zero-order chi connectivity index (χ0) is 23.6. The number of aromatic nitrogens is 3. The number of rotatable bonds is 7. The summed E-state index contributed by atoms with van der Waals surface area (Å²) in [5.74, 6) is -0.0704. The number of benzene rings is 1. The molecule has 0 aliphatic carbocycles. The van der Waals surface area contributed by atoms with Crippen LogP contribution in [0.25, 0.3) is 5.65 Å². The standard InChI is InChI=1S/C19H19Cl2N5O5S2/c1-30-16-3-2-13(33(28,29)25-4-6-31-7-5-25)9-15(16)22-17(27)11-32-19-24-23-18-14(21)8-12(20)10-26(18)19/h2-3,8-10H,4-7,11H2,1H3,(H,22,27). The second-order valence-electron chi connectivity index (χ2n) is 6.90. The molecule has 10 nitrogen and oxygen atoms in total. The van der Waals surface area contributed by atoms with Crippen molar-refractivity contribution in [1.29, 1.82) is 0 Å². The number of carbonyl (C=O) groups excluding carboxylic acids is 1. The zero-order valence-electron chi connectivity index (χ0n) is 17.3. The highest BCUT2D eigenvalue weighted by Crippen LogP contribution is 2.30. The molecule has 0 unspecified atom stereocenters. The van der Waals surface area contributed by atoms with Crippen molar-refractivity contribution in [3.05, 3.63) is 40.5 Å². The summed E-state index contributed by atoms with van der Waals surface area (Å²) in [6, 6.07) is 5.90. The molecule has 0 bridgehead atoms. The van der Waals surface area contributed by atoms with Crippen LogP contribution in [0.2, 0.25) is 10.0 Å². The monoisotopic (exact) mass is 531 g/mol. The van der Waals surface area contributed by atoms with Crippen molar-refractivity contribution in [3.63, 3.8) is 0 Å². The fraction of sp³-hybridized carbons (Fsp3) is 0.316. The van der Waals surface area contributed by atoms with Gasteiger partial charge in [-0.1, -0.05) is 35.0 Å². The molecule has 0 radical (unpaired) electrons. The van der Waals surface area contributed by atoms with Gasteiger partial charge in [0.15, 0.2) is 10.8 Å². The molecule has 4 rings (SSSR count). The highest BCUT2D eigenvalue weighted by molar-refractivity contribution is 7.99. The normalized spacial score (nSPS) is 15.0. The van der Waals surface area contributed by atoms with Gasteiger partial charge in [-0.15, -0.1) is 10.2 Å². The number of nitrogens with one attached hydrogen (secondary N) is 1. The molecule has 1 aromatic carbocycles. The minimum Gasteiger partial charge on any atom is -0.495 e. The van der Waals surface area contributed by atoms with E-state index in [0.717, 1.165) is 11.8 Å². The Labute approximate surface area is 204 Å². The summed E-state index contributed by atoms with van der Waals surface area (Å²) in [5.41, 5.74) is 0.668. The van der Waals surface area contributed by atoms with Crippen molar-refractivity contribution in [3.8, 4) is 5.75 Å². The number of methoxy groups -OCH3 is 1. The maximum Gasteiger partial charge on any atom is 0.243 e. The fourth-order valence-corrected chi connectivity index (χ4v) is 5.85. The summed E-state index contributed by atoms with van der Waals surface area (Å²) in [5, 5.41) is 11.9. The third kappa shape index (κ3) is 5.20. The van der Waals surface area contributed by atoms with Gasteiger partial charge < -0.3 is 14.8 Å². The van der Waals surface area contributed by atoms with Crippen LogP contribution >= 0.6 is 35.0 Å². The van der Waals surface area contributed by atoms with Crippen LogP contribution in [0.3, 0.4) is 0 Å². The van der Waals surface area contributed by atoms with Gasteiger partial charge in [0.1, 0.15) is 5.75 Å². The second-order valence-corrected chi connectivity index (χ2v) is 10.6. The molecular weight excluding hydrogens is 513 g/mol. The number of hydrogen-bond donors (Lipinski definition) is 1. The van der Waals surface area contributed by atoms with Crippen LogP contribution in [0.1, 0.15) is 0 Å². The Morgan fingerprint density at radius 1 is 1.24 bits per heavy atom. The van der Waals surface area contributed by atoms with Crippen LogP contribution in [0, 0.1) is 0 Å². The molecule has 3 aromatic rings. The van der Waals surface area contributed by atoms with E-state index in [9.17, 15) is 13.2 Å². The second kappa shape index (κ2) is 10.0. The molecule has 1 aliphatic rings. The Bertz CT molecular complexity index is 1300. The highest BCUT2D eigenvalue weighted by atomic mass is 35.5. The third-order valence-corrected chi connectivity index (χ3v) is 8.10. The predicted octanol–water partition coefficient (Wildman–Crippen LogP) is 2.80. The number of pyridine rings is 1. The van der Waals surface area contributed by atoms with E-state index in [1.165, 1.54) is 29.6 Å². The first kappa shape index (κ1) is 24.0. The zero-order valence-corrected chi connectivity index (χ0v) is 20.5. The van der Waals surface area contributed by atoms with Gasteiger partial charge in [-0.25, -0.2) is 8.42 Å². The number of thioether (sulfide) groups is 1. The van der Waals surface area contributed by atoms with Crippen molar-refractivity contribution in [2.24, 2.45) is 0 Å². The van der Waals surface area contributed by atoms with Gasteiger partial charge in [0, 0.05) is 19.3 Å². The summed E-state index contributed by atoms with van der Waals surface area (Å²) < 4.78 is 39.4. The van der Waals surface area contributed by atoms with E-state index in [0.29, 0.717) is 39.8 Å². The lowest BCUT2D eigenvalue weighted by atomic mass is 10.3. The third-order valence-electron chi connectivity index (χ3n) is 4.78. The van der Waals surface area contributed by atoms with Gasteiger partial charge in [-0.05, 0) is 24.3 Å². The van der Waals surface area contributed by atoms with Gasteiger partial charge in [0.2, 0.25) is 15.9 Å². The van der Waals surface area contributed by atoms with Gasteiger partial charge >= 0.3 is 0 Å². The average molecular weight is 532 g/mol. The predicted molar refractivity (Wildman–Crippen MR) is 125 cm³/mol. The SMILES string of the molecule is COc1ccc(S(=O)(=O)N2CCOCC2)cc1NC(=O)CSc1nnc2c(Cl)cc(Cl)cn12. The van der Waals surface area contributed by atoms with Crippen LogP contribution in [0.4, 0.5) is 5.69 Å². The fourth-order valence-electron chi connectivity index (χ4n) is 3.20. The average Bonchev–Trinajstić information content (AvgIpc) is 3.21. The topological polar surface area (TPSA) is 115 Å². The number of ether oxygens (including phenoxy) is 2. The molecule has 2 aromatic heterocycles. The maximum atomic E-state index is 13.0. The maximum absolute atomic E-state index is 13.0. The molecule has 0 saturated carbocycles. The first-order chi connectivity index (χ1) is 15.8. The lowest BCUT2D eigenvalue weighted by molar-refractivity contribution is -0.113. The number of hydrogen-bond acceptors (Lipinski definition) is 8. The Hall–Kier alpha value is -2.09. The minimum absolute atomic E-state index is 0.0193. The first-order valence-corrected chi connectivity index (χ1v) is 12.9. The van der Waals surface area contributed by atoms with Crippen LogP contribution in [-0.4, -0.2) is 72.4 Å². The lowest BCUT2D eigenvalue weighted by Gasteiger charge is -2.26. The molecule has 0 atom stereocenters. The molecule has 33 heavy (non-hydrogen) atoms. The minimum atomic E-state index is -3.73. The number of sulfonamides is 1. The number of carbonyl (C=O) groups is 1. The molecule has 14 heteroatoms. The molecule has 3 heterocycles. The number of morpholine rings is 1. The number of amides is 1. The smallest absolute Gasteiger partial charge is 0.243 e. The highest BCUT2D eigenvalue weighted by Gasteiger charge is 2.27. The summed E-state index contributed by atoms with van der Waals surface area (Å²) in [6.45, 7) is 1.22. The Balaban J connectivity index is 1.50. The van der Waals surface area contributed by atoms with E-state index < -0.39 is 10.0 Å². The molecule has 1 aliphatic heterocycles. The molecule has 1 fully saturated rings. The summed E-state index contributed by atoms with van der Waals surface area (Å²) >= 11 is 13.3. The van der Waals surface area contributed by atoms with Crippen LogP contribution in [-0.2, 0) is 19.6 Å². The van der Waals surface area contributed by atoms with Crippen molar-refractivity contribution >= 4 is 62.2 Å². The number of halogens is 2. The van der Waals surface area contributed by atoms with Crippen molar-refractivity contribution in [2.45, 2.75) is 10.1 Å². The Kier molecular flexibility index (Phi) is 7.31. The molecule has 0 spiro atoms. The lowest BCUT2D eigenvalue weighted by Crippen LogP contribution is -2.40. The van der Waals surface area contributed by atoms with Gasteiger partial charge in [-0.2, -0.15) is 4.31 Å². The van der Waals surface area contributed by atoms with Gasteiger partial charge in [-0.3, -0.25) is 9.20 Å². The number of fused-ring (bicyclic) bond motifs is 1. The summed E-state index contributed by atoms with van der Waals surface area (Å²) in [6.07, 6.45) is 1.60. The van der Waals surface area contributed by atoms with Crippen LogP contribution in [0.5, 0.6) is 5.75 Å². The molecule has 1 amide bonds. The van der Waals surface area contributed by atoms with E-state index in [4.69, 9.17) is 32.7 Å². The van der Waals surface area contributed by atoms with Crippen LogP contribution in [0.15, 0.2) is 40.5 Å². The van der Waals surface area contributed by atoms with Gasteiger partial charge in [0.25, 0.3) is 0 Å². The van der Waals surface area contributed by atoms with Crippen molar-refractivity contribution in [2.75, 3.05) is 44.5 Å². The van der Waals surface area contributed by atoms with Crippen LogP contribution < -0.4 is 10.1 Å². The molecule has 1 N–H and O–H groups in total. The van der Waals surface area contributed by atoms with E-state index >= 15 is 0 Å². The summed E-state index contributed by atoms with van der Waals surface area (Å²) in [4.78, 5) is 12.7. The van der Waals surface area contributed by atoms with Crippen molar-refractivity contribution in [1.82, 2.24) is 18.9 Å². The first-order valence-electron chi connectivity index (χ1n) is 9.68. The van der Waals surface area contributed by atoms with Crippen molar-refractivity contribution < 1.29 is 22.7 Å². The summed E-state index contributed by atoms with van der Waals surface area (Å²) in [7, 11) is -2.29. The number of anilines is 1. The molecular formula is C19H19Cl2N5O5S2. The Morgan fingerprint density at radius 3 is 2.73 bits per heavy atom. The van der Waals surface area contributed by atoms with E-state index in [1.54, 1.807) is 16.7 Å². The van der Waals surface area contributed by atoms with E-state index in [2.05, 4.69) is 15.5 Å². The van der Waals surface area contributed by atoms with Gasteiger partial charge in [0.05, 0.1) is 46.7 Å². The molecule has 1 saturated heterocycles. The molecule has 176 valence electrons.